The highest BCUT2D eigenvalue weighted by Gasteiger charge is 2.34. The van der Waals surface area contributed by atoms with E-state index in [0.717, 1.165) is 36.0 Å². The number of hydrogen-bond donors (Lipinski definition) is 0. The van der Waals surface area contributed by atoms with E-state index in [2.05, 4.69) is 0 Å². The predicted molar refractivity (Wildman–Crippen MR) is 71.1 cm³/mol. The molecule has 0 fully saturated rings. The number of fused-ring (bicyclic) bond motifs is 2. The maximum absolute atomic E-state index is 12.7. The summed E-state index contributed by atoms with van der Waals surface area (Å²) in [4.78, 5) is 1.83. The lowest BCUT2D eigenvalue weighted by atomic mass is 10.2. The van der Waals surface area contributed by atoms with Gasteiger partial charge in [0.25, 0.3) is 0 Å². The molecule has 1 aliphatic heterocycles. The van der Waals surface area contributed by atoms with Gasteiger partial charge in [0.1, 0.15) is 0 Å². The summed E-state index contributed by atoms with van der Waals surface area (Å²) in [6.07, 6.45) is -8.96. The van der Waals surface area contributed by atoms with Gasteiger partial charge in [0, 0.05) is 19.6 Å². The van der Waals surface area contributed by atoms with Crippen LogP contribution in [0.1, 0.15) is 11.1 Å². The molecule has 0 bridgehead atoms. The molecule has 2 aromatic rings. The predicted octanol–water partition coefficient (Wildman–Crippen LogP) is 6.34. The monoisotopic (exact) mass is 352 g/mol. The first-order valence-electron chi connectivity index (χ1n) is 5.93. The molecule has 8 heteroatoms. The van der Waals surface area contributed by atoms with Gasteiger partial charge in [0.2, 0.25) is 0 Å². The zero-order chi connectivity index (χ0) is 16.1. The standard InChI is InChI=1S/C14H6F6S2/c15-13(16,17)7-1-3-9-11(5-7)22-12-6-8(14(18,19)20)2-4-10(12)21-9/h1-6H. The molecule has 1 heterocycles. The van der Waals surface area contributed by atoms with Crippen molar-refractivity contribution in [3.8, 4) is 0 Å². The van der Waals surface area contributed by atoms with Crippen molar-refractivity contribution >= 4 is 23.5 Å². The van der Waals surface area contributed by atoms with E-state index in [1.54, 1.807) is 0 Å². The fourth-order valence-corrected chi connectivity index (χ4v) is 4.21. The van der Waals surface area contributed by atoms with Crippen LogP contribution in [-0.2, 0) is 12.4 Å². The summed E-state index contributed by atoms with van der Waals surface area (Å²) in [6, 6.07) is 6.57. The summed E-state index contributed by atoms with van der Waals surface area (Å²) in [7, 11) is 0. The van der Waals surface area contributed by atoms with E-state index in [1.165, 1.54) is 23.9 Å². The zero-order valence-electron chi connectivity index (χ0n) is 10.5. The van der Waals surface area contributed by atoms with Crippen LogP contribution in [0.3, 0.4) is 0 Å². The molecule has 0 saturated carbocycles. The van der Waals surface area contributed by atoms with Gasteiger partial charge in [-0.15, -0.1) is 0 Å². The third kappa shape index (κ3) is 2.94. The Hall–Kier alpha value is -1.28. The molecule has 0 spiro atoms. The topological polar surface area (TPSA) is 0 Å². The second-order valence-corrected chi connectivity index (χ2v) is 6.69. The van der Waals surface area contributed by atoms with Gasteiger partial charge in [-0.05, 0) is 36.4 Å². The molecule has 3 rings (SSSR count). The van der Waals surface area contributed by atoms with Crippen LogP contribution in [-0.4, -0.2) is 0 Å². The highest BCUT2D eigenvalue weighted by molar-refractivity contribution is 8.05. The highest BCUT2D eigenvalue weighted by atomic mass is 32.2. The van der Waals surface area contributed by atoms with Crippen molar-refractivity contribution in [2.45, 2.75) is 31.9 Å². The van der Waals surface area contributed by atoms with Crippen molar-refractivity contribution < 1.29 is 26.3 Å². The maximum Gasteiger partial charge on any atom is 0.416 e. The van der Waals surface area contributed by atoms with Crippen LogP contribution >= 0.6 is 23.5 Å². The van der Waals surface area contributed by atoms with E-state index in [-0.39, 0.29) is 0 Å². The molecular formula is C14H6F6S2. The summed E-state index contributed by atoms with van der Waals surface area (Å²) >= 11 is 2.09. The van der Waals surface area contributed by atoms with Gasteiger partial charge in [0.15, 0.2) is 0 Å². The molecule has 1 aliphatic rings. The largest absolute Gasteiger partial charge is 0.416 e. The molecule has 0 aliphatic carbocycles. The molecule has 2 aromatic carbocycles. The van der Waals surface area contributed by atoms with Crippen molar-refractivity contribution in [1.82, 2.24) is 0 Å². The normalized spacial score (nSPS) is 14.5. The van der Waals surface area contributed by atoms with Gasteiger partial charge in [-0.3, -0.25) is 0 Å². The Morgan fingerprint density at radius 2 is 0.909 bits per heavy atom. The molecule has 0 nitrogen and oxygen atoms in total. The SMILES string of the molecule is FC(F)(F)c1ccc2c(c1)Sc1cc(C(F)(F)F)ccc1S2. The van der Waals surface area contributed by atoms with Crippen LogP contribution < -0.4 is 0 Å². The first-order chi connectivity index (χ1) is 10.1. The summed E-state index contributed by atoms with van der Waals surface area (Å²) in [6.45, 7) is 0. The highest BCUT2D eigenvalue weighted by Crippen LogP contribution is 2.50. The first kappa shape index (κ1) is 15.6. The van der Waals surface area contributed by atoms with E-state index in [9.17, 15) is 26.3 Å². The van der Waals surface area contributed by atoms with E-state index in [1.807, 2.05) is 0 Å². The van der Waals surface area contributed by atoms with Crippen molar-refractivity contribution in [2.24, 2.45) is 0 Å². The Morgan fingerprint density at radius 3 is 1.27 bits per heavy atom. The van der Waals surface area contributed by atoms with Crippen LogP contribution in [0.25, 0.3) is 0 Å². The molecule has 0 saturated heterocycles. The van der Waals surface area contributed by atoms with Crippen LogP contribution in [0, 0.1) is 0 Å². The van der Waals surface area contributed by atoms with Crippen molar-refractivity contribution in [3.05, 3.63) is 47.5 Å². The van der Waals surface area contributed by atoms with Gasteiger partial charge in [0.05, 0.1) is 11.1 Å². The van der Waals surface area contributed by atoms with E-state index >= 15 is 0 Å². The Kier molecular flexibility index (Phi) is 3.64. The van der Waals surface area contributed by atoms with Crippen molar-refractivity contribution in [1.29, 1.82) is 0 Å². The fourth-order valence-electron chi connectivity index (χ4n) is 1.93. The Balaban J connectivity index is 2.00. The summed E-state index contributed by atoms with van der Waals surface area (Å²) in [5.41, 5.74) is -1.62. The minimum atomic E-state index is -4.48. The van der Waals surface area contributed by atoms with Gasteiger partial charge >= 0.3 is 12.4 Å². The Bertz CT molecular complexity index is 672. The van der Waals surface area contributed by atoms with E-state index in [4.69, 9.17) is 0 Å². The molecule has 0 atom stereocenters. The van der Waals surface area contributed by atoms with Gasteiger partial charge in [-0.25, -0.2) is 0 Å². The van der Waals surface area contributed by atoms with Gasteiger partial charge in [-0.1, -0.05) is 23.5 Å². The van der Waals surface area contributed by atoms with Gasteiger partial charge in [-0.2, -0.15) is 26.3 Å². The molecule has 22 heavy (non-hydrogen) atoms. The minimum Gasteiger partial charge on any atom is -0.166 e. The number of hydrogen-bond acceptors (Lipinski definition) is 2. The average molecular weight is 352 g/mol. The number of alkyl halides is 6. The minimum absolute atomic E-state index is 0.312. The van der Waals surface area contributed by atoms with Crippen LogP contribution in [0.2, 0.25) is 0 Å². The molecule has 0 N–H and O–H groups in total. The molecule has 0 aromatic heterocycles. The maximum atomic E-state index is 12.7. The van der Waals surface area contributed by atoms with E-state index in [0.29, 0.717) is 19.6 Å². The lowest BCUT2D eigenvalue weighted by Crippen LogP contribution is -2.06. The third-order valence-electron chi connectivity index (χ3n) is 2.98. The second-order valence-electron chi connectivity index (χ2n) is 4.52. The fraction of sp³-hybridized carbons (Fsp3) is 0.143. The van der Waals surface area contributed by atoms with Crippen molar-refractivity contribution in [3.63, 3.8) is 0 Å². The molecular weight excluding hydrogens is 346 g/mol. The Labute approximate surface area is 129 Å². The second kappa shape index (κ2) is 5.13. The molecule has 0 unspecified atom stereocenters. The molecule has 116 valence electrons. The smallest absolute Gasteiger partial charge is 0.166 e. The molecule has 0 amide bonds. The number of rotatable bonds is 0. The quantitative estimate of drug-likeness (QED) is 0.433. The lowest BCUT2D eigenvalue weighted by molar-refractivity contribution is -0.138. The average Bonchev–Trinajstić information content (AvgIpc) is 2.41. The third-order valence-corrected chi connectivity index (χ3v) is 5.51. The summed E-state index contributed by atoms with van der Waals surface area (Å²) < 4.78 is 76.3. The molecule has 0 radical (unpaired) electrons. The number of benzene rings is 2. The van der Waals surface area contributed by atoms with Crippen LogP contribution in [0.4, 0.5) is 26.3 Å². The lowest BCUT2D eigenvalue weighted by Gasteiger charge is -2.20. The summed E-state index contributed by atoms with van der Waals surface area (Å²) in [5, 5.41) is 0. The number of halogens is 6. The Morgan fingerprint density at radius 1 is 0.545 bits per heavy atom. The van der Waals surface area contributed by atoms with Crippen molar-refractivity contribution in [2.75, 3.05) is 0 Å². The van der Waals surface area contributed by atoms with Crippen LogP contribution in [0.15, 0.2) is 56.0 Å². The van der Waals surface area contributed by atoms with Gasteiger partial charge < -0.3 is 0 Å². The summed E-state index contributed by atoms with van der Waals surface area (Å²) in [5.74, 6) is 0. The van der Waals surface area contributed by atoms with E-state index < -0.39 is 23.5 Å². The van der Waals surface area contributed by atoms with Crippen LogP contribution in [0.5, 0.6) is 0 Å². The zero-order valence-corrected chi connectivity index (χ0v) is 12.2. The first-order valence-corrected chi connectivity index (χ1v) is 7.56.